The summed E-state index contributed by atoms with van der Waals surface area (Å²) in [6.07, 6.45) is 0.866. The molecule has 0 saturated heterocycles. The fourth-order valence-electron chi connectivity index (χ4n) is 1.21. The molecule has 4 heteroatoms. The Kier molecular flexibility index (Phi) is 4.82. The molecule has 1 amide bonds. The Morgan fingerprint density at radius 3 is 2.65 bits per heavy atom. The molecule has 0 aliphatic rings. The van der Waals surface area contributed by atoms with E-state index in [1.807, 2.05) is 32.9 Å². The lowest BCUT2D eigenvalue weighted by Crippen LogP contribution is -2.44. The fourth-order valence-corrected chi connectivity index (χ4v) is 1.40. The minimum atomic E-state index is -0.207. The predicted octanol–water partition coefficient (Wildman–Crippen LogP) is 3.02. The highest BCUT2D eigenvalue weighted by Gasteiger charge is 2.18. The second kappa shape index (κ2) is 5.92. The Bertz CT molecular complexity index is 391. The van der Waals surface area contributed by atoms with Crippen LogP contribution < -0.4 is 10.1 Å². The van der Waals surface area contributed by atoms with E-state index >= 15 is 0 Å². The maximum Gasteiger partial charge on any atom is 0.258 e. The van der Waals surface area contributed by atoms with Gasteiger partial charge in [0.15, 0.2) is 6.61 Å². The zero-order valence-electron chi connectivity index (χ0n) is 10.4. The highest BCUT2D eigenvalue weighted by Crippen LogP contribution is 2.22. The van der Waals surface area contributed by atoms with Crippen LogP contribution in [0.25, 0.3) is 0 Å². The van der Waals surface area contributed by atoms with E-state index in [2.05, 4.69) is 5.32 Å². The lowest BCUT2D eigenvalue weighted by Gasteiger charge is -2.24. The molecule has 0 aliphatic carbocycles. The molecule has 0 radical (unpaired) electrons. The lowest BCUT2D eigenvalue weighted by atomic mass is 10.0. The second-order valence-corrected chi connectivity index (χ2v) is 4.91. The Hall–Kier alpha value is -1.22. The van der Waals surface area contributed by atoms with Crippen molar-refractivity contribution < 1.29 is 9.53 Å². The molecule has 0 saturated carbocycles. The van der Waals surface area contributed by atoms with Crippen molar-refractivity contribution in [1.29, 1.82) is 0 Å². The largest absolute Gasteiger partial charge is 0.482 e. The molecule has 0 fully saturated rings. The smallest absolute Gasteiger partial charge is 0.258 e. The Morgan fingerprint density at radius 1 is 1.41 bits per heavy atom. The summed E-state index contributed by atoms with van der Waals surface area (Å²) in [4.78, 5) is 11.6. The first kappa shape index (κ1) is 13.8. The van der Waals surface area contributed by atoms with Gasteiger partial charge in [-0.05, 0) is 32.4 Å². The molecule has 0 bridgehead atoms. The molecular weight excluding hydrogens is 238 g/mol. The van der Waals surface area contributed by atoms with Crippen molar-refractivity contribution in [1.82, 2.24) is 5.32 Å². The third-order valence-electron chi connectivity index (χ3n) is 2.56. The Labute approximate surface area is 107 Å². The summed E-state index contributed by atoms with van der Waals surface area (Å²) in [6.45, 7) is 5.95. The van der Waals surface area contributed by atoms with Crippen LogP contribution in [-0.2, 0) is 4.79 Å². The van der Waals surface area contributed by atoms with E-state index in [1.165, 1.54) is 0 Å². The van der Waals surface area contributed by atoms with Gasteiger partial charge in [-0.25, -0.2) is 0 Å². The molecule has 94 valence electrons. The van der Waals surface area contributed by atoms with Crippen molar-refractivity contribution in [2.24, 2.45) is 0 Å². The molecule has 17 heavy (non-hydrogen) atoms. The Morgan fingerprint density at radius 2 is 2.06 bits per heavy atom. The van der Waals surface area contributed by atoms with Gasteiger partial charge >= 0.3 is 0 Å². The number of hydrogen-bond acceptors (Lipinski definition) is 2. The van der Waals surface area contributed by atoms with Gasteiger partial charge in [-0.15, -0.1) is 0 Å². The van der Waals surface area contributed by atoms with Crippen molar-refractivity contribution in [3.05, 3.63) is 29.3 Å². The van der Waals surface area contributed by atoms with Crippen LogP contribution in [0.3, 0.4) is 0 Å². The van der Waals surface area contributed by atoms with Crippen LogP contribution in [0.4, 0.5) is 0 Å². The number of hydrogen-bond donors (Lipinski definition) is 1. The topological polar surface area (TPSA) is 38.3 Å². The summed E-state index contributed by atoms with van der Waals surface area (Å²) in [5.74, 6) is 0.385. The average molecular weight is 256 g/mol. The minimum Gasteiger partial charge on any atom is -0.482 e. The first-order chi connectivity index (χ1) is 7.94. The average Bonchev–Trinajstić information content (AvgIpc) is 2.27. The van der Waals surface area contributed by atoms with E-state index in [9.17, 15) is 4.79 Å². The van der Waals surface area contributed by atoms with Crippen LogP contribution in [0.15, 0.2) is 24.3 Å². The lowest BCUT2D eigenvalue weighted by molar-refractivity contribution is -0.124. The van der Waals surface area contributed by atoms with E-state index in [0.717, 1.165) is 6.42 Å². The normalized spacial score (nSPS) is 11.1. The van der Waals surface area contributed by atoms with Gasteiger partial charge in [-0.3, -0.25) is 4.79 Å². The molecule has 0 spiro atoms. The van der Waals surface area contributed by atoms with Crippen LogP contribution in [0.1, 0.15) is 27.2 Å². The monoisotopic (exact) mass is 255 g/mol. The number of ether oxygens (including phenoxy) is 1. The first-order valence-electron chi connectivity index (χ1n) is 5.63. The number of para-hydroxylation sites is 1. The molecule has 1 N–H and O–H groups in total. The number of carbonyl (C=O) groups is 1. The van der Waals surface area contributed by atoms with Crippen molar-refractivity contribution in [2.75, 3.05) is 6.61 Å². The number of amides is 1. The van der Waals surface area contributed by atoms with Gasteiger partial charge in [0.25, 0.3) is 5.91 Å². The van der Waals surface area contributed by atoms with E-state index in [0.29, 0.717) is 10.8 Å². The molecule has 0 heterocycles. The summed E-state index contributed by atoms with van der Waals surface area (Å²) in [6, 6.07) is 7.09. The maximum atomic E-state index is 11.6. The summed E-state index contributed by atoms with van der Waals surface area (Å²) >= 11 is 5.91. The number of nitrogens with one attached hydrogen (secondary N) is 1. The van der Waals surface area contributed by atoms with Gasteiger partial charge in [0.1, 0.15) is 5.75 Å². The van der Waals surface area contributed by atoms with Crippen LogP contribution >= 0.6 is 11.6 Å². The molecule has 0 atom stereocenters. The van der Waals surface area contributed by atoms with Crippen molar-refractivity contribution >= 4 is 17.5 Å². The zero-order chi connectivity index (χ0) is 12.9. The molecular formula is C13H18ClNO2. The summed E-state index contributed by atoms with van der Waals surface area (Å²) in [7, 11) is 0. The van der Waals surface area contributed by atoms with Gasteiger partial charge < -0.3 is 10.1 Å². The highest BCUT2D eigenvalue weighted by molar-refractivity contribution is 6.32. The Balaban J connectivity index is 2.47. The quantitative estimate of drug-likeness (QED) is 0.878. The summed E-state index contributed by atoms with van der Waals surface area (Å²) < 4.78 is 5.34. The van der Waals surface area contributed by atoms with Crippen LogP contribution in [0, 0.1) is 0 Å². The maximum absolute atomic E-state index is 11.6. The number of benzene rings is 1. The van der Waals surface area contributed by atoms with Gasteiger partial charge in [0.05, 0.1) is 5.02 Å². The van der Waals surface area contributed by atoms with E-state index in [4.69, 9.17) is 16.3 Å². The van der Waals surface area contributed by atoms with Gasteiger partial charge in [-0.2, -0.15) is 0 Å². The van der Waals surface area contributed by atoms with Crippen molar-refractivity contribution in [3.8, 4) is 5.75 Å². The first-order valence-corrected chi connectivity index (χ1v) is 6.01. The van der Waals surface area contributed by atoms with Crippen LogP contribution in [0.5, 0.6) is 5.75 Å². The summed E-state index contributed by atoms with van der Waals surface area (Å²) in [5, 5.41) is 3.40. The third-order valence-corrected chi connectivity index (χ3v) is 2.87. The van der Waals surface area contributed by atoms with Gasteiger partial charge in [0.2, 0.25) is 0 Å². The standard InChI is InChI=1S/C13H18ClNO2/c1-4-13(2,3)15-12(16)9-17-11-8-6-5-7-10(11)14/h5-8H,4,9H2,1-3H3,(H,15,16). The SMILES string of the molecule is CCC(C)(C)NC(=O)COc1ccccc1Cl. The zero-order valence-corrected chi connectivity index (χ0v) is 11.2. The molecule has 0 aromatic heterocycles. The second-order valence-electron chi connectivity index (χ2n) is 4.50. The van der Waals surface area contributed by atoms with Crippen molar-refractivity contribution in [2.45, 2.75) is 32.7 Å². The predicted molar refractivity (Wildman–Crippen MR) is 69.5 cm³/mol. The van der Waals surface area contributed by atoms with E-state index in [1.54, 1.807) is 12.1 Å². The molecule has 1 aromatic carbocycles. The fraction of sp³-hybridized carbons (Fsp3) is 0.462. The molecule has 0 unspecified atom stereocenters. The third kappa shape index (κ3) is 4.65. The van der Waals surface area contributed by atoms with E-state index in [-0.39, 0.29) is 18.1 Å². The van der Waals surface area contributed by atoms with Gasteiger partial charge in [-0.1, -0.05) is 30.7 Å². The number of rotatable bonds is 5. The highest BCUT2D eigenvalue weighted by atomic mass is 35.5. The van der Waals surface area contributed by atoms with Crippen LogP contribution in [-0.4, -0.2) is 18.1 Å². The molecule has 1 rings (SSSR count). The summed E-state index contributed by atoms with van der Waals surface area (Å²) in [5.41, 5.74) is -0.207. The number of halogens is 1. The van der Waals surface area contributed by atoms with Crippen LogP contribution in [0.2, 0.25) is 5.02 Å². The molecule has 3 nitrogen and oxygen atoms in total. The van der Waals surface area contributed by atoms with Crippen molar-refractivity contribution in [3.63, 3.8) is 0 Å². The van der Waals surface area contributed by atoms with E-state index < -0.39 is 0 Å². The number of carbonyl (C=O) groups excluding carboxylic acids is 1. The minimum absolute atomic E-state index is 0.0207. The molecule has 0 aliphatic heterocycles. The molecule has 1 aromatic rings. The van der Waals surface area contributed by atoms with Gasteiger partial charge in [0, 0.05) is 5.54 Å².